The summed E-state index contributed by atoms with van der Waals surface area (Å²) in [6, 6.07) is 2.56. The molecule has 1 aliphatic carbocycles. The standard InChI is InChI=1S/C23H28F2O2/c1-3-5-18-14-26-23(27-15-18)19-12-21(24)20(22(25)13-19)11-10-17-8-6-16(4-2)7-9-17/h3,5,12-13,16-18,23H,4,6-9,14-15H2,1-2H3/t16-,17-,18-,23-. The first-order valence-electron chi connectivity index (χ1n) is 9.97. The van der Waals surface area contributed by atoms with Gasteiger partial charge in [-0.2, -0.15) is 0 Å². The molecule has 146 valence electrons. The topological polar surface area (TPSA) is 18.5 Å². The number of rotatable bonds is 3. The van der Waals surface area contributed by atoms with E-state index < -0.39 is 17.9 Å². The number of benzene rings is 1. The summed E-state index contributed by atoms with van der Waals surface area (Å²) in [5.74, 6) is 5.72. The molecule has 1 saturated carbocycles. The van der Waals surface area contributed by atoms with Crippen molar-refractivity contribution in [3.63, 3.8) is 0 Å². The van der Waals surface area contributed by atoms with Crippen LogP contribution in [0.1, 0.15) is 63.4 Å². The molecule has 0 radical (unpaired) electrons. The zero-order chi connectivity index (χ0) is 19.2. The van der Waals surface area contributed by atoms with Gasteiger partial charge in [0.1, 0.15) is 11.6 Å². The van der Waals surface area contributed by atoms with Gasteiger partial charge in [-0.3, -0.25) is 0 Å². The van der Waals surface area contributed by atoms with Crippen LogP contribution in [0.25, 0.3) is 0 Å². The molecule has 27 heavy (non-hydrogen) atoms. The highest BCUT2D eigenvalue weighted by atomic mass is 19.1. The second-order valence-corrected chi connectivity index (χ2v) is 7.54. The number of ether oxygens (including phenoxy) is 2. The van der Waals surface area contributed by atoms with E-state index in [1.807, 2.05) is 19.1 Å². The van der Waals surface area contributed by atoms with Crippen molar-refractivity contribution in [3.05, 3.63) is 47.0 Å². The Morgan fingerprint density at radius 2 is 1.70 bits per heavy atom. The molecular formula is C23H28F2O2. The van der Waals surface area contributed by atoms with Crippen molar-refractivity contribution in [2.75, 3.05) is 13.2 Å². The average molecular weight is 374 g/mol. The van der Waals surface area contributed by atoms with Crippen LogP contribution in [0.15, 0.2) is 24.3 Å². The third-order valence-electron chi connectivity index (χ3n) is 5.55. The van der Waals surface area contributed by atoms with Crippen LogP contribution in [0.3, 0.4) is 0 Å². The van der Waals surface area contributed by atoms with Crippen LogP contribution in [-0.2, 0) is 9.47 Å². The summed E-state index contributed by atoms with van der Waals surface area (Å²) in [5.41, 5.74) is 0.205. The maximum atomic E-state index is 14.5. The third kappa shape index (κ3) is 5.18. The molecule has 1 aliphatic heterocycles. The Balaban J connectivity index is 1.67. The normalized spacial score (nSPS) is 28.7. The molecule has 2 fully saturated rings. The van der Waals surface area contributed by atoms with Gasteiger partial charge in [0, 0.05) is 17.4 Å². The van der Waals surface area contributed by atoms with Crippen molar-refractivity contribution >= 4 is 0 Å². The summed E-state index contributed by atoms with van der Waals surface area (Å²) in [4.78, 5) is 0. The molecule has 1 aromatic carbocycles. The van der Waals surface area contributed by atoms with Crippen molar-refractivity contribution in [1.82, 2.24) is 0 Å². The average Bonchev–Trinajstić information content (AvgIpc) is 2.68. The quantitative estimate of drug-likeness (QED) is 0.494. The molecule has 1 saturated heterocycles. The maximum Gasteiger partial charge on any atom is 0.184 e. The van der Waals surface area contributed by atoms with Crippen LogP contribution in [-0.4, -0.2) is 13.2 Å². The SMILES string of the molecule is CC=C[C@H]1CO[C@H](c2cc(F)c(C#C[C@H]3CC[C@H](CC)CC3)c(F)c2)OC1. The minimum Gasteiger partial charge on any atom is -0.348 e. The monoisotopic (exact) mass is 374 g/mol. The zero-order valence-corrected chi connectivity index (χ0v) is 16.1. The second-order valence-electron chi connectivity index (χ2n) is 7.54. The predicted octanol–water partition coefficient (Wildman–Crippen LogP) is 5.77. The molecule has 4 heteroatoms. The number of hydrogen-bond acceptors (Lipinski definition) is 2. The van der Waals surface area contributed by atoms with Gasteiger partial charge in [-0.05, 0) is 50.7 Å². The van der Waals surface area contributed by atoms with Gasteiger partial charge in [-0.1, -0.05) is 37.3 Å². The lowest BCUT2D eigenvalue weighted by Gasteiger charge is -2.28. The van der Waals surface area contributed by atoms with Gasteiger partial charge in [0.2, 0.25) is 0 Å². The Labute approximate surface area is 160 Å². The van der Waals surface area contributed by atoms with Crippen LogP contribution in [0, 0.1) is 41.2 Å². The van der Waals surface area contributed by atoms with Gasteiger partial charge >= 0.3 is 0 Å². The van der Waals surface area contributed by atoms with E-state index in [1.54, 1.807) is 0 Å². The smallest absolute Gasteiger partial charge is 0.184 e. The van der Waals surface area contributed by atoms with Crippen molar-refractivity contribution in [1.29, 1.82) is 0 Å². The second kappa shape index (κ2) is 9.48. The highest BCUT2D eigenvalue weighted by Crippen LogP contribution is 2.31. The van der Waals surface area contributed by atoms with E-state index in [1.165, 1.54) is 18.6 Å². The molecule has 0 bridgehead atoms. The number of allylic oxidation sites excluding steroid dienone is 1. The van der Waals surface area contributed by atoms with E-state index in [0.717, 1.165) is 31.6 Å². The fraction of sp³-hybridized carbons (Fsp3) is 0.565. The van der Waals surface area contributed by atoms with Crippen LogP contribution in [0.5, 0.6) is 0 Å². The summed E-state index contributed by atoms with van der Waals surface area (Å²) < 4.78 is 40.2. The summed E-state index contributed by atoms with van der Waals surface area (Å²) in [6.07, 6.45) is 8.76. The van der Waals surface area contributed by atoms with Gasteiger partial charge in [-0.25, -0.2) is 8.78 Å². The summed E-state index contributed by atoms with van der Waals surface area (Å²) in [7, 11) is 0. The summed E-state index contributed by atoms with van der Waals surface area (Å²) >= 11 is 0. The van der Waals surface area contributed by atoms with Crippen LogP contribution < -0.4 is 0 Å². The van der Waals surface area contributed by atoms with E-state index in [9.17, 15) is 8.78 Å². The third-order valence-corrected chi connectivity index (χ3v) is 5.55. The molecule has 2 nitrogen and oxygen atoms in total. The summed E-state index contributed by atoms with van der Waals surface area (Å²) in [6.45, 7) is 5.09. The van der Waals surface area contributed by atoms with Gasteiger partial charge in [0.15, 0.2) is 6.29 Å². The predicted molar refractivity (Wildman–Crippen MR) is 102 cm³/mol. The first kappa shape index (κ1) is 20.0. The molecule has 1 aromatic rings. The lowest BCUT2D eigenvalue weighted by Crippen LogP contribution is -2.26. The van der Waals surface area contributed by atoms with Crippen LogP contribution in [0.2, 0.25) is 0 Å². The fourth-order valence-corrected chi connectivity index (χ4v) is 3.83. The molecule has 0 atom stereocenters. The van der Waals surface area contributed by atoms with Crippen molar-refractivity contribution in [2.45, 2.75) is 52.2 Å². The van der Waals surface area contributed by atoms with Crippen LogP contribution in [0.4, 0.5) is 8.78 Å². The molecule has 2 aliphatic rings. The van der Waals surface area contributed by atoms with Crippen molar-refractivity contribution in [2.24, 2.45) is 17.8 Å². The largest absolute Gasteiger partial charge is 0.348 e. The van der Waals surface area contributed by atoms with Gasteiger partial charge < -0.3 is 9.47 Å². The lowest BCUT2D eigenvalue weighted by atomic mass is 9.81. The van der Waals surface area contributed by atoms with Gasteiger partial charge in [-0.15, -0.1) is 0 Å². The van der Waals surface area contributed by atoms with Crippen molar-refractivity contribution in [3.8, 4) is 11.8 Å². The molecule has 0 aromatic heterocycles. The Bertz CT molecular complexity index is 693. The van der Waals surface area contributed by atoms with E-state index in [0.29, 0.717) is 18.8 Å². The first-order chi connectivity index (χ1) is 13.1. The van der Waals surface area contributed by atoms with E-state index in [4.69, 9.17) is 9.47 Å². The molecule has 0 spiro atoms. The van der Waals surface area contributed by atoms with E-state index in [-0.39, 0.29) is 17.4 Å². The Morgan fingerprint density at radius 3 is 2.26 bits per heavy atom. The van der Waals surface area contributed by atoms with Gasteiger partial charge in [0.25, 0.3) is 0 Å². The molecule has 3 rings (SSSR count). The molecule has 0 unspecified atom stereocenters. The fourth-order valence-electron chi connectivity index (χ4n) is 3.83. The molecular weight excluding hydrogens is 346 g/mol. The molecule has 1 heterocycles. The highest BCUT2D eigenvalue weighted by molar-refractivity contribution is 5.40. The first-order valence-corrected chi connectivity index (χ1v) is 9.97. The minimum absolute atomic E-state index is 0.154. The molecule has 0 amide bonds. The Kier molecular flexibility index (Phi) is 7.04. The highest BCUT2D eigenvalue weighted by Gasteiger charge is 2.24. The van der Waals surface area contributed by atoms with Gasteiger partial charge in [0.05, 0.1) is 18.8 Å². The number of halogens is 2. The van der Waals surface area contributed by atoms with Crippen molar-refractivity contribution < 1.29 is 18.3 Å². The Hall–Kier alpha value is -1.70. The zero-order valence-electron chi connectivity index (χ0n) is 16.1. The lowest BCUT2D eigenvalue weighted by molar-refractivity contribution is -0.197. The minimum atomic E-state index is -0.734. The van der Waals surface area contributed by atoms with E-state index in [2.05, 4.69) is 18.8 Å². The maximum absolute atomic E-state index is 14.5. The Morgan fingerprint density at radius 1 is 1.07 bits per heavy atom. The summed E-state index contributed by atoms with van der Waals surface area (Å²) in [5, 5.41) is 0. The van der Waals surface area contributed by atoms with Crippen LogP contribution >= 0.6 is 0 Å². The van der Waals surface area contributed by atoms with E-state index >= 15 is 0 Å². The molecule has 0 N–H and O–H groups in total. The number of hydrogen-bond donors (Lipinski definition) is 0.